The third-order valence-electron chi connectivity index (χ3n) is 2.36. The van der Waals surface area contributed by atoms with Gasteiger partial charge in [-0.1, -0.05) is 6.07 Å². The number of terminal acetylenes is 1. The standard InChI is InChI=1S/C13H15FO2/c1-3-4-5-8-11(15)13-10(14)7-6-9-12(13)16-2/h1,6-7,9,11,15H,4-5,8H2,2H3. The summed E-state index contributed by atoms with van der Waals surface area (Å²) in [6.07, 6.45) is 5.91. The van der Waals surface area contributed by atoms with E-state index in [1.54, 1.807) is 12.1 Å². The van der Waals surface area contributed by atoms with Gasteiger partial charge in [-0.05, 0) is 25.0 Å². The van der Waals surface area contributed by atoms with Crippen molar-refractivity contribution in [2.75, 3.05) is 7.11 Å². The minimum Gasteiger partial charge on any atom is -0.496 e. The third kappa shape index (κ3) is 2.98. The Morgan fingerprint density at radius 3 is 2.94 bits per heavy atom. The molecule has 1 N–H and O–H groups in total. The second-order valence-electron chi connectivity index (χ2n) is 3.47. The van der Waals surface area contributed by atoms with Crippen LogP contribution < -0.4 is 4.74 Å². The molecule has 1 rings (SSSR count). The Morgan fingerprint density at radius 2 is 2.31 bits per heavy atom. The molecule has 2 nitrogen and oxygen atoms in total. The molecular weight excluding hydrogens is 207 g/mol. The molecule has 0 radical (unpaired) electrons. The Balaban J connectivity index is 2.81. The van der Waals surface area contributed by atoms with Crippen LogP contribution in [0.5, 0.6) is 5.75 Å². The van der Waals surface area contributed by atoms with Gasteiger partial charge in [0, 0.05) is 6.42 Å². The van der Waals surface area contributed by atoms with E-state index < -0.39 is 11.9 Å². The van der Waals surface area contributed by atoms with Gasteiger partial charge in [-0.15, -0.1) is 12.3 Å². The first-order valence-electron chi connectivity index (χ1n) is 5.14. The van der Waals surface area contributed by atoms with E-state index >= 15 is 0 Å². The zero-order chi connectivity index (χ0) is 12.0. The molecule has 3 heteroatoms. The number of ether oxygens (including phenoxy) is 1. The fraction of sp³-hybridized carbons (Fsp3) is 0.385. The van der Waals surface area contributed by atoms with Gasteiger partial charge in [-0.25, -0.2) is 4.39 Å². The number of rotatable bonds is 5. The number of methoxy groups -OCH3 is 1. The molecule has 0 fully saturated rings. The molecule has 0 aliphatic carbocycles. The molecule has 1 atom stereocenters. The molecule has 1 aromatic carbocycles. The maximum atomic E-state index is 13.5. The SMILES string of the molecule is C#CCCCC(O)c1c(F)cccc1OC. The quantitative estimate of drug-likeness (QED) is 0.613. The van der Waals surface area contributed by atoms with Gasteiger partial charge in [0.2, 0.25) is 0 Å². The molecule has 0 saturated carbocycles. The second-order valence-corrected chi connectivity index (χ2v) is 3.47. The van der Waals surface area contributed by atoms with Crippen LogP contribution in [0.4, 0.5) is 4.39 Å². The highest BCUT2D eigenvalue weighted by molar-refractivity contribution is 5.36. The molecule has 0 heterocycles. The fourth-order valence-electron chi connectivity index (χ4n) is 1.56. The van der Waals surface area contributed by atoms with Crippen LogP contribution in [0, 0.1) is 18.2 Å². The van der Waals surface area contributed by atoms with Gasteiger partial charge < -0.3 is 9.84 Å². The third-order valence-corrected chi connectivity index (χ3v) is 2.36. The van der Waals surface area contributed by atoms with E-state index in [2.05, 4.69) is 5.92 Å². The van der Waals surface area contributed by atoms with Crippen LogP contribution in [-0.4, -0.2) is 12.2 Å². The smallest absolute Gasteiger partial charge is 0.132 e. The van der Waals surface area contributed by atoms with E-state index in [1.165, 1.54) is 13.2 Å². The van der Waals surface area contributed by atoms with Crippen LogP contribution >= 0.6 is 0 Å². The highest BCUT2D eigenvalue weighted by Crippen LogP contribution is 2.30. The Morgan fingerprint density at radius 1 is 1.56 bits per heavy atom. The van der Waals surface area contributed by atoms with Gasteiger partial charge in [-0.3, -0.25) is 0 Å². The van der Waals surface area contributed by atoms with Crippen molar-refractivity contribution < 1.29 is 14.2 Å². The lowest BCUT2D eigenvalue weighted by Crippen LogP contribution is -2.03. The average molecular weight is 222 g/mol. The van der Waals surface area contributed by atoms with E-state index in [1.807, 2.05) is 0 Å². The molecule has 0 saturated heterocycles. The largest absolute Gasteiger partial charge is 0.496 e. The molecule has 1 unspecified atom stereocenters. The van der Waals surface area contributed by atoms with Crippen LogP contribution in [0.2, 0.25) is 0 Å². The summed E-state index contributed by atoms with van der Waals surface area (Å²) in [5.74, 6) is 2.40. The minimum atomic E-state index is -0.871. The van der Waals surface area contributed by atoms with Crippen LogP contribution in [0.3, 0.4) is 0 Å². The van der Waals surface area contributed by atoms with Crippen molar-refractivity contribution in [1.29, 1.82) is 0 Å². The van der Waals surface area contributed by atoms with Crippen LogP contribution in [0.1, 0.15) is 30.9 Å². The number of aliphatic hydroxyl groups excluding tert-OH is 1. The maximum absolute atomic E-state index is 13.5. The summed E-state index contributed by atoms with van der Waals surface area (Å²) in [5, 5.41) is 9.85. The summed E-state index contributed by atoms with van der Waals surface area (Å²) >= 11 is 0. The van der Waals surface area contributed by atoms with Gasteiger partial charge in [-0.2, -0.15) is 0 Å². The monoisotopic (exact) mass is 222 g/mol. The molecule has 16 heavy (non-hydrogen) atoms. The van der Waals surface area contributed by atoms with E-state index in [0.717, 1.165) is 0 Å². The highest BCUT2D eigenvalue weighted by Gasteiger charge is 2.17. The lowest BCUT2D eigenvalue weighted by molar-refractivity contribution is 0.156. The molecular formula is C13H15FO2. The van der Waals surface area contributed by atoms with Crippen molar-refractivity contribution in [2.45, 2.75) is 25.4 Å². The maximum Gasteiger partial charge on any atom is 0.132 e. The average Bonchev–Trinajstić information content (AvgIpc) is 2.28. The normalized spacial score (nSPS) is 11.9. The number of unbranched alkanes of at least 4 members (excludes halogenated alkanes) is 1. The van der Waals surface area contributed by atoms with Gasteiger partial charge in [0.25, 0.3) is 0 Å². The summed E-state index contributed by atoms with van der Waals surface area (Å²) in [5.41, 5.74) is 0.210. The zero-order valence-electron chi connectivity index (χ0n) is 9.24. The lowest BCUT2D eigenvalue weighted by atomic mass is 10.0. The number of benzene rings is 1. The second kappa shape index (κ2) is 6.14. The van der Waals surface area contributed by atoms with Crippen LogP contribution in [0.15, 0.2) is 18.2 Å². The molecule has 0 bridgehead atoms. The summed E-state index contributed by atoms with van der Waals surface area (Å²) < 4.78 is 18.5. The fourth-order valence-corrected chi connectivity index (χ4v) is 1.56. The first-order chi connectivity index (χ1) is 7.70. The van der Waals surface area contributed by atoms with Crippen LogP contribution in [0.25, 0.3) is 0 Å². The topological polar surface area (TPSA) is 29.5 Å². The van der Waals surface area contributed by atoms with Crippen molar-refractivity contribution in [3.05, 3.63) is 29.6 Å². The molecule has 1 aromatic rings. The zero-order valence-corrected chi connectivity index (χ0v) is 9.24. The van der Waals surface area contributed by atoms with E-state index in [9.17, 15) is 9.50 Å². The van der Waals surface area contributed by atoms with Crippen molar-refractivity contribution in [3.8, 4) is 18.1 Å². The number of aliphatic hydroxyl groups is 1. The molecule has 86 valence electrons. The van der Waals surface area contributed by atoms with Crippen molar-refractivity contribution >= 4 is 0 Å². The van der Waals surface area contributed by atoms with Crippen molar-refractivity contribution in [1.82, 2.24) is 0 Å². The van der Waals surface area contributed by atoms with Gasteiger partial charge in [0.05, 0.1) is 18.8 Å². The van der Waals surface area contributed by atoms with E-state index in [-0.39, 0.29) is 5.56 Å². The first-order valence-corrected chi connectivity index (χ1v) is 5.14. The molecule has 0 aliphatic rings. The predicted octanol–water partition coefficient (Wildman–Crippen LogP) is 2.67. The minimum absolute atomic E-state index is 0.210. The Hall–Kier alpha value is -1.53. The van der Waals surface area contributed by atoms with Crippen molar-refractivity contribution in [2.24, 2.45) is 0 Å². The molecule has 0 aromatic heterocycles. The van der Waals surface area contributed by atoms with Gasteiger partial charge in [0.15, 0.2) is 0 Å². The first kappa shape index (κ1) is 12.5. The van der Waals surface area contributed by atoms with E-state index in [0.29, 0.717) is 25.0 Å². The molecule has 0 aliphatic heterocycles. The lowest BCUT2D eigenvalue weighted by Gasteiger charge is -2.14. The Labute approximate surface area is 95.1 Å². The number of halogens is 1. The Bertz CT molecular complexity index is 382. The summed E-state index contributed by atoms with van der Waals surface area (Å²) in [6, 6.07) is 4.48. The Kier molecular flexibility index (Phi) is 4.81. The molecule has 0 spiro atoms. The predicted molar refractivity (Wildman–Crippen MR) is 60.6 cm³/mol. The number of hydrogen-bond acceptors (Lipinski definition) is 2. The van der Waals surface area contributed by atoms with Gasteiger partial charge >= 0.3 is 0 Å². The summed E-state index contributed by atoms with van der Waals surface area (Å²) in [7, 11) is 1.45. The van der Waals surface area contributed by atoms with Gasteiger partial charge in [0.1, 0.15) is 11.6 Å². The summed E-state index contributed by atoms with van der Waals surface area (Å²) in [4.78, 5) is 0. The summed E-state index contributed by atoms with van der Waals surface area (Å²) in [6.45, 7) is 0. The molecule has 0 amide bonds. The number of hydrogen-bond donors (Lipinski definition) is 1. The van der Waals surface area contributed by atoms with Crippen LogP contribution in [-0.2, 0) is 0 Å². The van der Waals surface area contributed by atoms with E-state index in [4.69, 9.17) is 11.2 Å². The van der Waals surface area contributed by atoms with Crippen molar-refractivity contribution in [3.63, 3.8) is 0 Å². The highest BCUT2D eigenvalue weighted by atomic mass is 19.1.